The molecule has 0 saturated carbocycles. The molecular weight excluding hydrogens is 513 g/mol. The van der Waals surface area contributed by atoms with Crippen molar-refractivity contribution in [3.63, 3.8) is 0 Å². The minimum absolute atomic E-state index is 0.0242. The number of aliphatic carboxylic acids is 1. The van der Waals surface area contributed by atoms with Gasteiger partial charge in [-0.2, -0.15) is 5.10 Å². The highest BCUT2D eigenvalue weighted by atomic mass is 35.5. The van der Waals surface area contributed by atoms with Gasteiger partial charge in [-0.3, -0.25) is 19.1 Å². The predicted molar refractivity (Wildman–Crippen MR) is 132 cm³/mol. The second kappa shape index (κ2) is 11.3. The van der Waals surface area contributed by atoms with Gasteiger partial charge in [0.05, 0.1) is 40.9 Å². The van der Waals surface area contributed by atoms with Gasteiger partial charge in [-0.15, -0.1) is 0 Å². The lowest BCUT2D eigenvalue weighted by Crippen LogP contribution is -2.37. The Hall–Kier alpha value is -3.12. The molecule has 2 aromatic heterocycles. The van der Waals surface area contributed by atoms with Crippen molar-refractivity contribution >= 4 is 51.9 Å². The summed E-state index contributed by atoms with van der Waals surface area (Å²) in [5.74, 6) is -1.56. The van der Waals surface area contributed by atoms with E-state index in [4.69, 9.17) is 33.0 Å². The molecule has 2 amide bonds. The molecule has 0 spiro atoms. The van der Waals surface area contributed by atoms with Crippen LogP contribution >= 0.6 is 23.2 Å². The number of hydrogen-bond acceptors (Lipinski definition) is 6. The number of carboxylic acids is 1. The standard InChI is InChI=1S/C23H25Cl2N5O6/c24-15-9-13(17-2-6-30(28-17)11-18(32)26-4-8-36-7-3-20(34)35)21-14-10-29(19(33)12-31)5-1-16(14)27-23(21)22(15)25/h2,6,9,27,31H,1,3-5,7-8,10-12H2,(H,26,32)(H,34,35). The van der Waals surface area contributed by atoms with Crippen LogP contribution in [0.3, 0.4) is 0 Å². The molecule has 1 aliphatic rings. The number of halogens is 2. The first-order valence-electron chi connectivity index (χ1n) is 11.3. The molecule has 13 heteroatoms. The van der Waals surface area contributed by atoms with Gasteiger partial charge in [0.1, 0.15) is 13.2 Å². The second-order valence-corrected chi connectivity index (χ2v) is 9.07. The number of carbonyl (C=O) groups is 3. The number of carbonyl (C=O) groups excluding carboxylic acids is 2. The van der Waals surface area contributed by atoms with Crippen LogP contribution < -0.4 is 5.32 Å². The molecule has 1 aromatic carbocycles. The van der Waals surface area contributed by atoms with E-state index in [2.05, 4.69) is 15.4 Å². The van der Waals surface area contributed by atoms with E-state index in [0.717, 1.165) is 16.6 Å². The normalized spacial score (nSPS) is 13.1. The number of hydrogen-bond donors (Lipinski definition) is 4. The molecule has 0 saturated heterocycles. The van der Waals surface area contributed by atoms with Crippen LogP contribution in [-0.2, 0) is 38.6 Å². The number of carboxylic acid groups (broad SMARTS) is 1. The van der Waals surface area contributed by atoms with Crippen molar-refractivity contribution in [2.24, 2.45) is 0 Å². The molecule has 4 N–H and O–H groups in total. The largest absolute Gasteiger partial charge is 0.481 e. The fourth-order valence-electron chi connectivity index (χ4n) is 4.17. The lowest BCUT2D eigenvalue weighted by atomic mass is 9.99. The lowest BCUT2D eigenvalue weighted by Gasteiger charge is -2.26. The molecule has 36 heavy (non-hydrogen) atoms. The number of aromatic amines is 1. The van der Waals surface area contributed by atoms with E-state index < -0.39 is 12.6 Å². The Balaban J connectivity index is 1.51. The molecule has 0 bridgehead atoms. The molecule has 0 unspecified atom stereocenters. The van der Waals surface area contributed by atoms with Crippen molar-refractivity contribution < 1.29 is 29.3 Å². The smallest absolute Gasteiger partial charge is 0.305 e. The van der Waals surface area contributed by atoms with Crippen molar-refractivity contribution in [3.8, 4) is 11.3 Å². The summed E-state index contributed by atoms with van der Waals surface area (Å²) in [4.78, 5) is 39.8. The van der Waals surface area contributed by atoms with Crippen LogP contribution in [0.25, 0.3) is 22.2 Å². The third kappa shape index (κ3) is 5.65. The summed E-state index contributed by atoms with van der Waals surface area (Å²) in [6.45, 7) is 0.755. The number of aliphatic hydroxyl groups is 1. The van der Waals surface area contributed by atoms with Crippen molar-refractivity contribution in [1.29, 1.82) is 0 Å². The molecule has 3 aromatic rings. The Morgan fingerprint density at radius 3 is 2.81 bits per heavy atom. The molecule has 4 rings (SSSR count). The second-order valence-electron chi connectivity index (χ2n) is 8.28. The summed E-state index contributed by atoms with van der Waals surface area (Å²) in [6, 6.07) is 3.48. The Bertz CT molecular complexity index is 1300. The van der Waals surface area contributed by atoms with Gasteiger partial charge in [-0.05, 0) is 12.1 Å². The topological polar surface area (TPSA) is 150 Å². The van der Waals surface area contributed by atoms with E-state index in [9.17, 15) is 19.5 Å². The maximum atomic E-state index is 12.3. The van der Waals surface area contributed by atoms with Gasteiger partial charge in [0.15, 0.2) is 0 Å². The minimum Gasteiger partial charge on any atom is -0.481 e. The number of H-pyrrole nitrogens is 1. The van der Waals surface area contributed by atoms with Crippen LogP contribution in [0, 0.1) is 0 Å². The van der Waals surface area contributed by atoms with Crippen LogP contribution in [-0.4, -0.2) is 80.6 Å². The van der Waals surface area contributed by atoms with E-state index in [1.54, 1.807) is 23.2 Å². The van der Waals surface area contributed by atoms with E-state index in [1.807, 2.05) is 0 Å². The van der Waals surface area contributed by atoms with Gasteiger partial charge in [0, 0.05) is 54.5 Å². The molecule has 0 atom stereocenters. The Labute approximate surface area is 215 Å². The zero-order valence-corrected chi connectivity index (χ0v) is 20.7. The minimum atomic E-state index is -0.941. The molecule has 11 nitrogen and oxygen atoms in total. The van der Waals surface area contributed by atoms with Gasteiger partial charge in [-0.25, -0.2) is 0 Å². The number of rotatable bonds is 10. The summed E-state index contributed by atoms with van der Waals surface area (Å²) in [6.07, 6.45) is 2.16. The first-order valence-corrected chi connectivity index (χ1v) is 12.0. The van der Waals surface area contributed by atoms with Gasteiger partial charge in [0.2, 0.25) is 11.8 Å². The predicted octanol–water partition coefficient (Wildman–Crippen LogP) is 1.82. The average molecular weight is 538 g/mol. The van der Waals surface area contributed by atoms with Crippen LogP contribution in [0.15, 0.2) is 18.3 Å². The zero-order valence-electron chi connectivity index (χ0n) is 19.2. The van der Waals surface area contributed by atoms with Crippen molar-refractivity contribution in [1.82, 2.24) is 25.0 Å². The van der Waals surface area contributed by atoms with E-state index in [1.165, 1.54) is 4.68 Å². The van der Waals surface area contributed by atoms with Crippen LogP contribution in [0.1, 0.15) is 17.7 Å². The summed E-state index contributed by atoms with van der Waals surface area (Å²) >= 11 is 12.9. The molecule has 1 aliphatic heterocycles. The zero-order chi connectivity index (χ0) is 25.8. The Kier molecular flexibility index (Phi) is 8.14. The summed E-state index contributed by atoms with van der Waals surface area (Å²) < 4.78 is 6.64. The number of amides is 2. The SMILES string of the molecule is O=C(O)CCOCCNC(=O)Cn1ccc(-c2cc(Cl)c(Cl)c3[nH]c4c(c23)CN(C(=O)CO)CC4)n1. The fourth-order valence-corrected chi connectivity index (χ4v) is 4.57. The van der Waals surface area contributed by atoms with E-state index >= 15 is 0 Å². The van der Waals surface area contributed by atoms with Crippen molar-refractivity contribution in [2.45, 2.75) is 25.9 Å². The third-order valence-electron chi connectivity index (χ3n) is 5.88. The number of ether oxygens (including phenoxy) is 1. The van der Waals surface area contributed by atoms with Gasteiger partial charge in [0.25, 0.3) is 0 Å². The van der Waals surface area contributed by atoms with Crippen LogP contribution in [0.4, 0.5) is 0 Å². The number of aliphatic hydroxyl groups excluding tert-OH is 1. The maximum Gasteiger partial charge on any atom is 0.305 e. The third-order valence-corrected chi connectivity index (χ3v) is 6.67. The van der Waals surface area contributed by atoms with Gasteiger partial charge in [-0.1, -0.05) is 23.2 Å². The first-order chi connectivity index (χ1) is 17.3. The number of nitrogens with one attached hydrogen (secondary N) is 2. The average Bonchev–Trinajstić information content (AvgIpc) is 3.47. The highest BCUT2D eigenvalue weighted by Gasteiger charge is 2.27. The molecule has 0 fully saturated rings. The monoisotopic (exact) mass is 537 g/mol. The number of fused-ring (bicyclic) bond motifs is 3. The number of aromatic nitrogens is 3. The molecular formula is C23H25Cl2N5O6. The van der Waals surface area contributed by atoms with Crippen molar-refractivity contribution in [3.05, 3.63) is 39.6 Å². The summed E-state index contributed by atoms with van der Waals surface area (Å²) in [7, 11) is 0. The van der Waals surface area contributed by atoms with Crippen LogP contribution in [0.2, 0.25) is 10.0 Å². The van der Waals surface area contributed by atoms with Gasteiger partial charge < -0.3 is 30.2 Å². The highest BCUT2D eigenvalue weighted by Crippen LogP contribution is 2.41. The number of nitrogens with zero attached hydrogens (tertiary/aromatic N) is 3. The lowest BCUT2D eigenvalue weighted by molar-refractivity contribution is -0.138. The Morgan fingerprint density at radius 1 is 1.25 bits per heavy atom. The molecule has 0 radical (unpaired) electrons. The summed E-state index contributed by atoms with van der Waals surface area (Å²) in [5.41, 5.74) is 3.78. The van der Waals surface area contributed by atoms with E-state index in [-0.39, 0.29) is 44.5 Å². The Morgan fingerprint density at radius 2 is 2.06 bits per heavy atom. The first kappa shape index (κ1) is 26.0. The molecule has 3 heterocycles. The fraction of sp³-hybridized carbons (Fsp3) is 0.391. The maximum absolute atomic E-state index is 12.3. The van der Waals surface area contributed by atoms with Gasteiger partial charge >= 0.3 is 5.97 Å². The molecule has 0 aliphatic carbocycles. The number of benzene rings is 1. The molecule has 192 valence electrons. The van der Waals surface area contributed by atoms with E-state index in [0.29, 0.717) is 46.3 Å². The summed E-state index contributed by atoms with van der Waals surface area (Å²) in [5, 5.41) is 26.6. The van der Waals surface area contributed by atoms with Crippen LogP contribution in [0.5, 0.6) is 0 Å². The quantitative estimate of drug-likeness (QED) is 0.288. The highest BCUT2D eigenvalue weighted by molar-refractivity contribution is 6.45. The van der Waals surface area contributed by atoms with Crippen molar-refractivity contribution in [2.75, 3.05) is 32.9 Å².